The highest BCUT2D eigenvalue weighted by Crippen LogP contribution is 2.29. The van der Waals surface area contributed by atoms with E-state index in [2.05, 4.69) is 10.6 Å². The van der Waals surface area contributed by atoms with E-state index in [4.69, 9.17) is 12.2 Å². The number of para-hydroxylation sites is 1. The number of nitrogens with zero attached hydrogens (tertiary/aromatic N) is 1. The highest BCUT2D eigenvalue weighted by atomic mass is 32.2. The van der Waals surface area contributed by atoms with Crippen molar-refractivity contribution in [2.24, 2.45) is 0 Å². The van der Waals surface area contributed by atoms with Crippen molar-refractivity contribution < 1.29 is 8.42 Å². The second kappa shape index (κ2) is 8.37. The predicted octanol–water partition coefficient (Wildman–Crippen LogP) is 4.45. The van der Waals surface area contributed by atoms with Crippen LogP contribution in [0.3, 0.4) is 0 Å². The lowest BCUT2D eigenvalue weighted by Crippen LogP contribution is -2.47. The molecule has 1 heterocycles. The van der Waals surface area contributed by atoms with Gasteiger partial charge in [-0.15, -0.1) is 0 Å². The van der Waals surface area contributed by atoms with E-state index in [1.807, 2.05) is 44.2 Å². The molecule has 2 atom stereocenters. The summed E-state index contributed by atoms with van der Waals surface area (Å²) in [5, 5.41) is 6.62. The van der Waals surface area contributed by atoms with Crippen LogP contribution in [0.15, 0.2) is 59.5 Å². The Morgan fingerprint density at radius 1 is 0.926 bits per heavy atom. The van der Waals surface area contributed by atoms with Gasteiger partial charge >= 0.3 is 0 Å². The number of thiocarbonyl (C=S) groups is 1. The van der Waals surface area contributed by atoms with Gasteiger partial charge in [0.1, 0.15) is 0 Å². The lowest BCUT2D eigenvalue weighted by Gasteiger charge is -2.37. The molecule has 0 radical (unpaired) electrons. The van der Waals surface area contributed by atoms with Crippen LogP contribution in [0.1, 0.15) is 33.1 Å². The maximum atomic E-state index is 13.1. The number of nitrogens with one attached hydrogen (secondary N) is 2. The number of piperidine rings is 1. The SMILES string of the molecule is C[C@H]1CCC[C@H](C)N1S(=O)(=O)c1ccc(NC(=S)Nc2ccccc2)cc1. The summed E-state index contributed by atoms with van der Waals surface area (Å²) in [6, 6.07) is 16.4. The molecule has 0 aromatic heterocycles. The summed E-state index contributed by atoms with van der Waals surface area (Å²) in [7, 11) is -3.50. The van der Waals surface area contributed by atoms with Crippen molar-refractivity contribution in [3.05, 3.63) is 54.6 Å². The fraction of sp³-hybridized carbons (Fsp3) is 0.350. The molecule has 0 spiro atoms. The Labute approximate surface area is 166 Å². The second-order valence-corrected chi connectivity index (χ2v) is 9.18. The first-order valence-electron chi connectivity index (χ1n) is 9.14. The van der Waals surface area contributed by atoms with Crippen molar-refractivity contribution in [2.75, 3.05) is 10.6 Å². The lowest BCUT2D eigenvalue weighted by atomic mass is 10.0. The van der Waals surface area contributed by atoms with Crippen LogP contribution in [0.2, 0.25) is 0 Å². The van der Waals surface area contributed by atoms with Crippen LogP contribution in [0.5, 0.6) is 0 Å². The van der Waals surface area contributed by atoms with E-state index < -0.39 is 10.0 Å². The first-order valence-corrected chi connectivity index (χ1v) is 11.0. The Morgan fingerprint density at radius 3 is 2.00 bits per heavy atom. The molecule has 2 aromatic carbocycles. The van der Waals surface area contributed by atoms with Crippen LogP contribution in [0.25, 0.3) is 0 Å². The Hall–Kier alpha value is -1.96. The van der Waals surface area contributed by atoms with Crippen molar-refractivity contribution in [1.29, 1.82) is 0 Å². The molecule has 144 valence electrons. The maximum absolute atomic E-state index is 13.1. The van der Waals surface area contributed by atoms with Gasteiger partial charge in [-0.2, -0.15) is 4.31 Å². The molecule has 0 aliphatic carbocycles. The molecule has 1 aliphatic heterocycles. The Bertz CT molecular complexity index is 873. The summed E-state index contributed by atoms with van der Waals surface area (Å²) in [6.45, 7) is 3.97. The standard InChI is InChI=1S/C20H25N3O2S2/c1-15-7-6-8-16(2)23(15)27(24,25)19-13-11-18(12-14-19)22-20(26)21-17-9-4-3-5-10-17/h3-5,9-16H,6-8H2,1-2H3,(H2,21,22,26)/t15-,16-/m0/s1. The van der Waals surface area contributed by atoms with Gasteiger partial charge in [-0.05, 0) is 75.3 Å². The Morgan fingerprint density at radius 2 is 1.44 bits per heavy atom. The zero-order chi connectivity index (χ0) is 19.4. The summed E-state index contributed by atoms with van der Waals surface area (Å²) in [6.07, 6.45) is 2.88. The number of hydrogen-bond donors (Lipinski definition) is 2. The van der Waals surface area contributed by atoms with Crippen LogP contribution >= 0.6 is 12.2 Å². The van der Waals surface area contributed by atoms with E-state index >= 15 is 0 Å². The Balaban J connectivity index is 1.70. The highest BCUT2D eigenvalue weighted by Gasteiger charge is 2.35. The number of anilines is 2. The van der Waals surface area contributed by atoms with E-state index in [0.717, 1.165) is 30.6 Å². The number of benzene rings is 2. The summed E-state index contributed by atoms with van der Waals surface area (Å²) in [5.74, 6) is 0. The minimum absolute atomic E-state index is 0.0270. The minimum Gasteiger partial charge on any atom is -0.332 e. The molecule has 2 aromatic rings. The average molecular weight is 404 g/mol. The van der Waals surface area contributed by atoms with Gasteiger partial charge in [-0.3, -0.25) is 0 Å². The van der Waals surface area contributed by atoms with E-state index in [-0.39, 0.29) is 12.1 Å². The number of sulfonamides is 1. The monoisotopic (exact) mass is 403 g/mol. The first kappa shape index (κ1) is 19.8. The third kappa shape index (κ3) is 4.66. The van der Waals surface area contributed by atoms with E-state index in [1.54, 1.807) is 28.6 Å². The molecule has 0 saturated carbocycles. The van der Waals surface area contributed by atoms with Crippen LogP contribution in [0, 0.1) is 0 Å². The van der Waals surface area contributed by atoms with Crippen molar-refractivity contribution in [3.8, 4) is 0 Å². The van der Waals surface area contributed by atoms with Gasteiger partial charge < -0.3 is 10.6 Å². The van der Waals surface area contributed by atoms with Crippen LogP contribution in [-0.2, 0) is 10.0 Å². The molecule has 27 heavy (non-hydrogen) atoms. The van der Waals surface area contributed by atoms with Gasteiger partial charge in [-0.1, -0.05) is 24.6 Å². The van der Waals surface area contributed by atoms with Gasteiger partial charge in [0.2, 0.25) is 10.0 Å². The molecular formula is C20H25N3O2S2. The Kier molecular flexibility index (Phi) is 6.14. The smallest absolute Gasteiger partial charge is 0.243 e. The van der Waals surface area contributed by atoms with Gasteiger partial charge in [0.05, 0.1) is 4.90 Å². The topological polar surface area (TPSA) is 61.4 Å². The number of hydrogen-bond acceptors (Lipinski definition) is 3. The molecule has 2 N–H and O–H groups in total. The molecule has 5 nitrogen and oxygen atoms in total. The molecule has 1 aliphatic rings. The summed E-state index contributed by atoms with van der Waals surface area (Å²) in [4.78, 5) is 0.315. The third-order valence-electron chi connectivity index (χ3n) is 4.83. The van der Waals surface area contributed by atoms with Gasteiger partial charge in [0.15, 0.2) is 5.11 Å². The van der Waals surface area contributed by atoms with Crippen molar-refractivity contribution in [3.63, 3.8) is 0 Å². The molecule has 1 fully saturated rings. The second-order valence-electron chi connectivity index (χ2n) is 6.93. The molecule has 0 amide bonds. The van der Waals surface area contributed by atoms with Crippen molar-refractivity contribution >= 4 is 38.7 Å². The molecule has 1 saturated heterocycles. The van der Waals surface area contributed by atoms with E-state index in [1.165, 1.54) is 0 Å². The van der Waals surface area contributed by atoms with E-state index in [0.29, 0.717) is 10.0 Å². The maximum Gasteiger partial charge on any atom is 0.243 e. The third-order valence-corrected chi connectivity index (χ3v) is 7.18. The molecule has 3 rings (SSSR count). The van der Waals surface area contributed by atoms with Crippen LogP contribution < -0.4 is 10.6 Å². The highest BCUT2D eigenvalue weighted by molar-refractivity contribution is 7.89. The summed E-state index contributed by atoms with van der Waals surface area (Å²) < 4.78 is 27.8. The summed E-state index contributed by atoms with van der Waals surface area (Å²) >= 11 is 5.31. The quantitative estimate of drug-likeness (QED) is 0.739. The van der Waals surface area contributed by atoms with Gasteiger partial charge in [0.25, 0.3) is 0 Å². The van der Waals surface area contributed by atoms with Gasteiger partial charge in [-0.25, -0.2) is 8.42 Å². The average Bonchev–Trinajstić information content (AvgIpc) is 2.62. The minimum atomic E-state index is -3.50. The van der Waals surface area contributed by atoms with Crippen molar-refractivity contribution in [2.45, 2.75) is 50.1 Å². The lowest BCUT2D eigenvalue weighted by molar-refractivity contribution is 0.204. The molecule has 7 heteroatoms. The molecule has 0 bridgehead atoms. The molecule has 0 unspecified atom stereocenters. The predicted molar refractivity (Wildman–Crippen MR) is 115 cm³/mol. The summed E-state index contributed by atoms with van der Waals surface area (Å²) in [5.41, 5.74) is 1.63. The van der Waals surface area contributed by atoms with E-state index in [9.17, 15) is 8.42 Å². The zero-order valence-corrected chi connectivity index (χ0v) is 17.2. The van der Waals surface area contributed by atoms with Crippen LogP contribution in [0.4, 0.5) is 11.4 Å². The zero-order valence-electron chi connectivity index (χ0n) is 15.6. The number of rotatable bonds is 4. The first-order chi connectivity index (χ1) is 12.9. The van der Waals surface area contributed by atoms with Crippen molar-refractivity contribution in [1.82, 2.24) is 4.31 Å². The fourth-order valence-electron chi connectivity index (χ4n) is 3.52. The normalized spacial score (nSPS) is 20.8. The fourth-order valence-corrected chi connectivity index (χ4v) is 5.64. The molecular weight excluding hydrogens is 378 g/mol. The van der Waals surface area contributed by atoms with Crippen LogP contribution in [-0.4, -0.2) is 29.9 Å². The van der Waals surface area contributed by atoms with Gasteiger partial charge in [0, 0.05) is 23.5 Å². The largest absolute Gasteiger partial charge is 0.332 e.